The Morgan fingerprint density at radius 3 is 2.67 bits per heavy atom. The van der Waals surface area contributed by atoms with Crippen LogP contribution in [0.3, 0.4) is 0 Å². The van der Waals surface area contributed by atoms with Crippen LogP contribution >= 0.6 is 0 Å². The number of hydrogen-bond acceptors (Lipinski definition) is 5. The number of carbonyl (C=O) groups is 3. The Kier molecular flexibility index (Phi) is 2.76. The smallest absolute Gasteiger partial charge is 0.328 e. The topological polar surface area (TPSA) is 81.7 Å². The fourth-order valence-electron chi connectivity index (χ4n) is 0.843. The fourth-order valence-corrected chi connectivity index (χ4v) is 0.843. The third-order valence-corrected chi connectivity index (χ3v) is 1.56. The van der Waals surface area contributed by atoms with Crippen molar-refractivity contribution in [3.8, 4) is 0 Å². The van der Waals surface area contributed by atoms with Crippen LogP contribution in [0.1, 0.15) is 27.9 Å². The molecule has 0 aromatic heterocycles. The van der Waals surface area contributed by atoms with Gasteiger partial charge in [0.25, 0.3) is 0 Å². The number of nitrogens with one attached hydrogen (secondary N) is 1. The summed E-state index contributed by atoms with van der Waals surface area (Å²) < 4.78 is 49.4. The summed E-state index contributed by atoms with van der Waals surface area (Å²) in [6.45, 7) is -3.02. The molecule has 0 heterocycles. The van der Waals surface area contributed by atoms with Crippen molar-refractivity contribution in [3.05, 3.63) is 0 Å². The van der Waals surface area contributed by atoms with Crippen LogP contribution in [0.25, 0.3) is 0 Å². The SMILES string of the molecule is [2H]C([2H])([2H])OC(=O)[C@H](CCC(=O)OC)NC(=O)C([2H])([2H])[2H]. The monoisotopic (exact) mass is 223 g/mol. The Hall–Kier alpha value is -1.59. The van der Waals surface area contributed by atoms with E-state index in [1.807, 2.05) is 5.32 Å². The van der Waals surface area contributed by atoms with Crippen molar-refractivity contribution in [2.45, 2.75) is 25.7 Å². The Bertz CT molecular complexity index is 404. The Morgan fingerprint density at radius 1 is 1.40 bits per heavy atom. The second kappa shape index (κ2) is 6.80. The van der Waals surface area contributed by atoms with E-state index in [-0.39, 0.29) is 12.8 Å². The quantitative estimate of drug-likeness (QED) is 0.642. The molecule has 0 radical (unpaired) electrons. The molecule has 0 aliphatic rings. The Labute approximate surface area is 96.4 Å². The minimum Gasteiger partial charge on any atom is -0.469 e. The first-order chi connectivity index (χ1) is 9.36. The predicted molar refractivity (Wildman–Crippen MR) is 50.9 cm³/mol. The van der Waals surface area contributed by atoms with Crippen molar-refractivity contribution < 1.29 is 32.1 Å². The molecule has 0 saturated carbocycles. The summed E-state index contributed by atoms with van der Waals surface area (Å²) in [5, 5.41) is 1.83. The molecule has 0 spiro atoms. The molecule has 1 N–H and O–H groups in total. The van der Waals surface area contributed by atoms with Crippen molar-refractivity contribution in [3.63, 3.8) is 0 Å². The lowest BCUT2D eigenvalue weighted by atomic mass is 10.1. The first-order valence-corrected chi connectivity index (χ1v) is 3.97. The third kappa shape index (κ3) is 5.66. The number of methoxy groups -OCH3 is 2. The molecule has 0 unspecified atom stereocenters. The molecule has 0 rings (SSSR count). The first kappa shape index (κ1) is 6.09. The molecular formula is C9H15NO5. The van der Waals surface area contributed by atoms with Gasteiger partial charge in [0.15, 0.2) is 0 Å². The Morgan fingerprint density at radius 2 is 2.13 bits per heavy atom. The lowest BCUT2D eigenvalue weighted by Gasteiger charge is -2.14. The molecule has 15 heavy (non-hydrogen) atoms. The summed E-state index contributed by atoms with van der Waals surface area (Å²) in [5.41, 5.74) is 0. The van der Waals surface area contributed by atoms with Crippen molar-refractivity contribution in [1.82, 2.24) is 5.32 Å². The lowest BCUT2D eigenvalue weighted by molar-refractivity contribution is -0.146. The number of carbonyl (C=O) groups excluding carboxylic acids is 3. The fraction of sp³-hybridized carbons (Fsp3) is 0.667. The normalized spacial score (nSPS) is 19.0. The largest absolute Gasteiger partial charge is 0.469 e. The zero-order valence-corrected chi connectivity index (χ0v) is 8.03. The average molecular weight is 223 g/mol. The summed E-state index contributed by atoms with van der Waals surface area (Å²) in [6.07, 6.45) is -0.693. The number of rotatable bonds is 5. The molecule has 0 fully saturated rings. The first-order valence-electron chi connectivity index (χ1n) is 6.97. The molecule has 0 aliphatic heterocycles. The molecule has 6 nitrogen and oxygen atoms in total. The standard InChI is InChI=1S/C9H15NO5/c1-6(11)10-7(9(13)15-3)4-5-8(12)14-2/h7H,4-5H2,1-3H3,(H,10,11)/t7-/m0/s1/i1D3,3D3. The predicted octanol–water partition coefficient (Wildman–Crippen LogP) is -0.383. The van der Waals surface area contributed by atoms with Crippen LogP contribution in [-0.4, -0.2) is 38.0 Å². The van der Waals surface area contributed by atoms with Gasteiger partial charge in [0, 0.05) is 17.4 Å². The van der Waals surface area contributed by atoms with E-state index in [0.29, 0.717) is 0 Å². The van der Waals surface area contributed by atoms with E-state index in [2.05, 4.69) is 9.47 Å². The number of hydrogen-bond donors (Lipinski definition) is 1. The van der Waals surface area contributed by atoms with Crippen LogP contribution in [0.2, 0.25) is 0 Å². The maximum atomic E-state index is 11.6. The van der Waals surface area contributed by atoms with Crippen LogP contribution in [0, 0.1) is 0 Å². The highest BCUT2D eigenvalue weighted by Gasteiger charge is 2.21. The van der Waals surface area contributed by atoms with E-state index < -0.39 is 37.8 Å². The maximum Gasteiger partial charge on any atom is 0.328 e. The van der Waals surface area contributed by atoms with Gasteiger partial charge in [-0.05, 0) is 6.42 Å². The number of amides is 1. The van der Waals surface area contributed by atoms with Gasteiger partial charge in [0.05, 0.1) is 18.3 Å². The summed E-state index contributed by atoms with van der Waals surface area (Å²) in [5.74, 6) is -3.54. The molecule has 1 atom stereocenters. The van der Waals surface area contributed by atoms with Gasteiger partial charge in [-0.15, -0.1) is 0 Å². The highest BCUT2D eigenvalue weighted by atomic mass is 16.5. The molecule has 86 valence electrons. The summed E-state index contributed by atoms with van der Waals surface area (Å²) in [6, 6.07) is -1.59. The average Bonchev–Trinajstić information content (AvgIpc) is 2.29. The van der Waals surface area contributed by atoms with Crippen LogP contribution < -0.4 is 5.32 Å². The van der Waals surface area contributed by atoms with Crippen molar-refractivity contribution in [2.24, 2.45) is 0 Å². The summed E-state index contributed by atoms with van der Waals surface area (Å²) in [4.78, 5) is 33.9. The van der Waals surface area contributed by atoms with Crippen molar-refractivity contribution in [1.29, 1.82) is 0 Å². The third-order valence-electron chi connectivity index (χ3n) is 1.56. The molecule has 0 aromatic rings. The van der Waals surface area contributed by atoms with Gasteiger partial charge in [-0.3, -0.25) is 9.59 Å². The van der Waals surface area contributed by atoms with Gasteiger partial charge in [-0.2, -0.15) is 0 Å². The number of ether oxygens (including phenoxy) is 2. The van der Waals surface area contributed by atoms with Gasteiger partial charge >= 0.3 is 11.9 Å². The van der Waals surface area contributed by atoms with E-state index in [0.717, 1.165) is 7.11 Å². The van der Waals surface area contributed by atoms with Crippen LogP contribution in [0.15, 0.2) is 0 Å². The molecule has 0 aromatic carbocycles. The molecular weight excluding hydrogens is 202 g/mol. The summed E-state index contributed by atoms with van der Waals surface area (Å²) >= 11 is 0. The van der Waals surface area contributed by atoms with Crippen molar-refractivity contribution >= 4 is 17.8 Å². The molecule has 0 saturated heterocycles. The van der Waals surface area contributed by atoms with Crippen LogP contribution in [-0.2, 0) is 23.9 Å². The Balaban J connectivity index is 4.88. The minimum absolute atomic E-state index is 0.335. The van der Waals surface area contributed by atoms with Gasteiger partial charge < -0.3 is 14.8 Å². The van der Waals surface area contributed by atoms with E-state index in [9.17, 15) is 14.4 Å². The van der Waals surface area contributed by atoms with Gasteiger partial charge in [0.1, 0.15) is 6.04 Å². The molecule has 1 amide bonds. The van der Waals surface area contributed by atoms with Gasteiger partial charge in [-0.25, -0.2) is 4.79 Å². The summed E-state index contributed by atoms with van der Waals surface area (Å²) in [7, 11) is -1.95. The highest BCUT2D eigenvalue weighted by molar-refractivity contribution is 5.83. The molecule has 0 aliphatic carbocycles. The second-order valence-corrected chi connectivity index (χ2v) is 2.56. The highest BCUT2D eigenvalue weighted by Crippen LogP contribution is 2.01. The molecule has 6 heteroatoms. The van der Waals surface area contributed by atoms with Crippen LogP contribution in [0.5, 0.6) is 0 Å². The van der Waals surface area contributed by atoms with E-state index in [4.69, 9.17) is 8.22 Å². The number of esters is 2. The zero-order valence-electron chi connectivity index (χ0n) is 14.0. The maximum absolute atomic E-state index is 11.6. The van der Waals surface area contributed by atoms with Crippen molar-refractivity contribution in [2.75, 3.05) is 14.1 Å². The van der Waals surface area contributed by atoms with Gasteiger partial charge in [-0.1, -0.05) is 0 Å². The van der Waals surface area contributed by atoms with E-state index in [1.165, 1.54) is 0 Å². The van der Waals surface area contributed by atoms with Gasteiger partial charge in [0.2, 0.25) is 5.91 Å². The lowest BCUT2D eigenvalue weighted by Crippen LogP contribution is -2.40. The minimum atomic E-state index is -3.05. The molecule has 0 bridgehead atoms. The van der Waals surface area contributed by atoms with Crippen LogP contribution in [0.4, 0.5) is 0 Å². The van der Waals surface area contributed by atoms with E-state index >= 15 is 0 Å². The van der Waals surface area contributed by atoms with E-state index in [1.54, 1.807) is 0 Å². The second-order valence-electron chi connectivity index (χ2n) is 2.56. The zero-order chi connectivity index (χ0) is 16.8.